The molecule has 0 bridgehead atoms. The summed E-state index contributed by atoms with van der Waals surface area (Å²) in [5.74, 6) is -2.48. The standard InChI is InChI=1S/C19H27FN2O3.C19H26FNO4.C19H28FNO3.H3N/c1-13(18(2,3)4)22-12-11-19(25-17(22)24,10-9-16(21)23)14-5-7-15(20)8-6-14;1-13(18(2,3)4)21-12-11-19(25-17(21)24,10-9-16(22)23)14-5-7-15(20)8-6-14;1-14(18(2,3)4)21-12-11-19(10-5-13-22,24-17(21)23)15-6-8-16(20)9-7-15;/h5-8,13H,9-12H2,1-4H3,(H2,21,23);5-8,13H,9-12H2,1-4H3,(H,22,23);6-9,14,22H,5,10-13H2,1-4H3;1H3/t2*13-,19+;14-,19+;/m000./s1. The molecule has 6 atom stereocenters. The molecule has 0 unspecified atom stereocenters. The number of amides is 4. The number of hydrogen-bond donors (Lipinski definition) is 4. The molecule has 0 radical (unpaired) electrons. The Kier molecular flexibility index (Phi) is 21.8. The van der Waals surface area contributed by atoms with Crippen LogP contribution in [0.2, 0.25) is 0 Å². The molecule has 418 valence electrons. The quantitative estimate of drug-likeness (QED) is 0.105. The second kappa shape index (κ2) is 25.8. The highest BCUT2D eigenvalue weighted by atomic mass is 19.1. The minimum atomic E-state index is -1.03. The van der Waals surface area contributed by atoms with Gasteiger partial charge in [-0.25, -0.2) is 27.6 Å². The number of halogens is 3. The van der Waals surface area contributed by atoms with Crippen LogP contribution in [0.5, 0.6) is 0 Å². The summed E-state index contributed by atoms with van der Waals surface area (Å²) >= 11 is 0. The van der Waals surface area contributed by atoms with Crippen molar-refractivity contribution in [2.24, 2.45) is 22.0 Å². The van der Waals surface area contributed by atoms with E-state index in [1.54, 1.807) is 51.1 Å². The van der Waals surface area contributed by atoms with Crippen LogP contribution in [0.3, 0.4) is 0 Å². The van der Waals surface area contributed by atoms with Crippen LogP contribution in [0.15, 0.2) is 72.8 Å². The van der Waals surface area contributed by atoms with Crippen LogP contribution in [0.4, 0.5) is 27.6 Å². The van der Waals surface area contributed by atoms with Crippen LogP contribution in [0.1, 0.15) is 158 Å². The van der Waals surface area contributed by atoms with Crippen LogP contribution >= 0.6 is 0 Å². The first-order valence-electron chi connectivity index (χ1n) is 25.7. The van der Waals surface area contributed by atoms with Crippen molar-refractivity contribution in [3.05, 3.63) is 107 Å². The number of benzene rings is 3. The SMILES string of the molecule is C[C@H](N1CC[C@](CCC(=O)O)(c2ccc(F)cc2)OC1=O)C(C)(C)C.C[C@H](N1CC[C@](CCC(N)=O)(c2ccc(F)cc2)OC1=O)C(C)(C)C.C[C@H](N1CC[C@](CCCO)(c2ccc(F)cc2)OC1=O)C(C)(C)C.N. The summed E-state index contributed by atoms with van der Waals surface area (Å²) in [7, 11) is 0. The van der Waals surface area contributed by atoms with E-state index in [2.05, 4.69) is 62.3 Å². The van der Waals surface area contributed by atoms with E-state index in [-0.39, 0.29) is 96.4 Å². The molecule has 75 heavy (non-hydrogen) atoms. The Bertz CT molecular complexity index is 2260. The van der Waals surface area contributed by atoms with Gasteiger partial charge in [-0.05, 0) is 103 Å². The second-order valence-electron chi connectivity index (χ2n) is 23.3. The normalized spacial score (nSPS) is 22.3. The van der Waals surface area contributed by atoms with Crippen molar-refractivity contribution >= 4 is 30.2 Å². The Morgan fingerprint density at radius 1 is 0.547 bits per heavy atom. The molecular formula is C57H84F3N5O10. The van der Waals surface area contributed by atoms with Crippen molar-refractivity contribution in [1.82, 2.24) is 20.9 Å². The van der Waals surface area contributed by atoms with Gasteiger partial charge in [0.15, 0.2) is 0 Å². The van der Waals surface area contributed by atoms with Crippen LogP contribution in [0, 0.1) is 33.7 Å². The first-order valence-corrected chi connectivity index (χ1v) is 25.7. The number of carbonyl (C=O) groups is 5. The Labute approximate surface area is 442 Å². The maximum atomic E-state index is 13.3. The number of nitrogens with zero attached hydrogens (tertiary/aromatic N) is 3. The van der Waals surface area contributed by atoms with Gasteiger partial charge in [-0.2, -0.15) is 0 Å². The number of aliphatic hydroxyl groups excluding tert-OH is 1. The van der Waals surface area contributed by atoms with Crippen LogP contribution in [0.25, 0.3) is 0 Å². The van der Waals surface area contributed by atoms with Gasteiger partial charge in [0.1, 0.15) is 34.3 Å². The maximum Gasteiger partial charge on any atom is 0.410 e. The zero-order valence-corrected chi connectivity index (χ0v) is 46.3. The van der Waals surface area contributed by atoms with Crippen molar-refractivity contribution in [2.45, 2.75) is 176 Å². The molecule has 0 saturated carbocycles. The van der Waals surface area contributed by atoms with Crippen LogP contribution in [-0.4, -0.2) is 99.4 Å². The predicted molar refractivity (Wildman–Crippen MR) is 281 cm³/mol. The van der Waals surface area contributed by atoms with E-state index in [1.165, 1.54) is 36.4 Å². The summed E-state index contributed by atoms with van der Waals surface area (Å²) in [6.45, 7) is 26.2. The summed E-state index contributed by atoms with van der Waals surface area (Å²) in [5.41, 5.74) is 4.40. The minimum absolute atomic E-state index is 0. The fourth-order valence-electron chi connectivity index (χ4n) is 9.30. The van der Waals surface area contributed by atoms with Gasteiger partial charge in [0.25, 0.3) is 0 Å². The smallest absolute Gasteiger partial charge is 0.410 e. The Morgan fingerprint density at radius 3 is 1.04 bits per heavy atom. The van der Waals surface area contributed by atoms with Gasteiger partial charge < -0.3 is 51.0 Å². The first kappa shape index (κ1) is 63.4. The van der Waals surface area contributed by atoms with Crippen molar-refractivity contribution in [3.8, 4) is 0 Å². The van der Waals surface area contributed by atoms with Gasteiger partial charge in [0.2, 0.25) is 5.91 Å². The highest BCUT2D eigenvalue weighted by Gasteiger charge is 2.48. The molecule has 18 heteroatoms. The molecule has 0 aliphatic carbocycles. The number of carboxylic acids is 1. The zero-order valence-electron chi connectivity index (χ0n) is 46.3. The third-order valence-electron chi connectivity index (χ3n) is 15.4. The van der Waals surface area contributed by atoms with Gasteiger partial charge in [0, 0.05) is 89.3 Å². The summed E-state index contributed by atoms with van der Waals surface area (Å²) in [5, 5.41) is 18.3. The molecule has 15 nitrogen and oxygen atoms in total. The van der Waals surface area contributed by atoms with E-state index < -0.39 is 40.9 Å². The average molecular weight is 1060 g/mol. The van der Waals surface area contributed by atoms with E-state index in [4.69, 9.17) is 25.1 Å². The monoisotopic (exact) mass is 1060 g/mol. The van der Waals surface area contributed by atoms with Gasteiger partial charge in [-0.1, -0.05) is 98.7 Å². The number of aliphatic carboxylic acids is 1. The maximum absolute atomic E-state index is 13.3. The summed E-state index contributed by atoms with van der Waals surface area (Å²) in [6.07, 6.45) is 1.89. The highest BCUT2D eigenvalue weighted by molar-refractivity contribution is 5.74. The number of primary amides is 1. The minimum Gasteiger partial charge on any atom is -0.481 e. The average Bonchev–Trinajstić information content (AvgIpc) is 3.31. The molecule has 4 amide bonds. The molecule has 3 aromatic rings. The molecule has 3 aliphatic heterocycles. The van der Waals surface area contributed by atoms with E-state index in [0.29, 0.717) is 62.9 Å². The third kappa shape index (κ3) is 16.6. The molecule has 7 N–H and O–H groups in total. The van der Waals surface area contributed by atoms with E-state index in [0.717, 1.165) is 5.56 Å². The van der Waals surface area contributed by atoms with E-state index in [9.17, 15) is 42.3 Å². The van der Waals surface area contributed by atoms with Crippen LogP contribution in [-0.2, 0) is 40.6 Å². The Hall–Kier alpha value is -5.88. The zero-order chi connectivity index (χ0) is 55.6. The van der Waals surface area contributed by atoms with Gasteiger partial charge >= 0.3 is 24.2 Å². The van der Waals surface area contributed by atoms with E-state index in [1.807, 2.05) is 20.8 Å². The van der Waals surface area contributed by atoms with Crippen molar-refractivity contribution in [2.75, 3.05) is 26.2 Å². The number of cyclic esters (lactones) is 3. The topological polar surface area (TPSA) is 224 Å². The molecule has 0 spiro atoms. The van der Waals surface area contributed by atoms with Crippen molar-refractivity contribution < 1.29 is 61.6 Å². The summed E-state index contributed by atoms with van der Waals surface area (Å²) in [4.78, 5) is 65.5. The van der Waals surface area contributed by atoms with Crippen molar-refractivity contribution in [1.29, 1.82) is 0 Å². The first-order chi connectivity index (χ1) is 34.3. The second-order valence-corrected chi connectivity index (χ2v) is 23.3. The Morgan fingerprint density at radius 2 is 0.813 bits per heavy atom. The number of aliphatic hydroxyl groups is 1. The van der Waals surface area contributed by atoms with Gasteiger partial charge in [-0.15, -0.1) is 0 Å². The molecule has 3 heterocycles. The lowest BCUT2D eigenvalue weighted by Crippen LogP contribution is -2.54. The lowest BCUT2D eigenvalue weighted by Gasteiger charge is -2.46. The molecular weight excluding hydrogens is 972 g/mol. The fraction of sp³-hybridized carbons (Fsp3) is 0.596. The van der Waals surface area contributed by atoms with Crippen molar-refractivity contribution in [3.63, 3.8) is 0 Å². The summed E-state index contributed by atoms with van der Waals surface area (Å²) < 4.78 is 57.3. The van der Waals surface area contributed by atoms with E-state index >= 15 is 0 Å². The molecule has 6 rings (SSSR count). The number of hydrogen-bond acceptors (Lipinski definition) is 10. The Balaban J connectivity index is 0.000000295. The predicted octanol–water partition coefficient (Wildman–Crippen LogP) is 12.0. The number of ether oxygens (including phenoxy) is 3. The molecule has 3 aliphatic rings. The molecule has 3 fully saturated rings. The lowest BCUT2D eigenvalue weighted by atomic mass is 9.82. The fourth-order valence-corrected chi connectivity index (χ4v) is 9.30. The molecule has 3 saturated heterocycles. The molecule has 3 aromatic carbocycles. The summed E-state index contributed by atoms with van der Waals surface area (Å²) in [6, 6.07) is 17.7. The van der Waals surface area contributed by atoms with Gasteiger partial charge in [0.05, 0.1) is 0 Å². The third-order valence-corrected chi connectivity index (χ3v) is 15.4. The largest absolute Gasteiger partial charge is 0.481 e. The lowest BCUT2D eigenvalue weighted by molar-refractivity contribution is -0.140. The number of rotatable bonds is 15. The van der Waals surface area contributed by atoms with Gasteiger partial charge in [-0.3, -0.25) is 9.59 Å². The number of carboxylic acid groups (broad SMARTS) is 1. The number of carbonyl (C=O) groups excluding carboxylic acids is 4. The van der Waals surface area contributed by atoms with Crippen LogP contribution < -0.4 is 11.9 Å². The number of nitrogens with two attached hydrogens (primary N) is 1. The highest BCUT2D eigenvalue weighted by Crippen LogP contribution is 2.43. The molecule has 0 aromatic heterocycles.